The fourth-order valence-electron chi connectivity index (χ4n) is 1.56. The van der Waals surface area contributed by atoms with Crippen molar-refractivity contribution < 1.29 is 17.7 Å². The van der Waals surface area contributed by atoms with E-state index in [1.54, 1.807) is 26.0 Å². The van der Waals surface area contributed by atoms with E-state index >= 15 is 0 Å². The molecule has 0 aliphatic heterocycles. The third-order valence-corrected chi connectivity index (χ3v) is 2.06. The van der Waals surface area contributed by atoms with Crippen molar-refractivity contribution in [1.29, 1.82) is 0 Å². The summed E-state index contributed by atoms with van der Waals surface area (Å²) in [5.74, 6) is 0. The minimum Gasteiger partial charge on any atom is -0.191 e. The van der Waals surface area contributed by atoms with Crippen LogP contribution >= 0.6 is 0 Å². The van der Waals surface area contributed by atoms with Crippen LogP contribution in [0.3, 0.4) is 0 Å². The van der Waals surface area contributed by atoms with Crippen molar-refractivity contribution in [3.63, 3.8) is 0 Å². The van der Waals surface area contributed by atoms with Gasteiger partial charge in [0.1, 0.15) is 0 Å². The summed E-state index contributed by atoms with van der Waals surface area (Å²) >= 11 is 0. The minimum absolute atomic E-state index is 0.639. The van der Waals surface area contributed by atoms with Crippen LogP contribution in [-0.4, -0.2) is 6.18 Å². The predicted molar refractivity (Wildman–Crippen MR) is 46.9 cm³/mol. The number of hydrogen-bond acceptors (Lipinski definition) is 0. The van der Waals surface area contributed by atoms with Gasteiger partial charge in [0.05, 0.1) is 0 Å². The Balaban J connectivity index is 3.09. The van der Waals surface area contributed by atoms with Crippen LogP contribution in [0, 0.1) is 20.8 Å². The summed E-state index contributed by atoms with van der Waals surface area (Å²) in [6.07, 6.45) is -4.16. The van der Waals surface area contributed by atoms with Crippen molar-refractivity contribution in [3.05, 3.63) is 29.1 Å². The molecule has 0 aromatic carbocycles. The average Bonchev–Trinajstić information content (AvgIpc) is 1.95. The smallest absolute Gasteiger partial charge is 0.191 e. The number of pyridine rings is 1. The molecule has 0 bridgehead atoms. The quantitative estimate of drug-likeness (QED) is 0.619. The van der Waals surface area contributed by atoms with Gasteiger partial charge < -0.3 is 0 Å². The van der Waals surface area contributed by atoms with Gasteiger partial charge in [-0.1, -0.05) is 0 Å². The molecule has 0 aliphatic rings. The second-order valence-corrected chi connectivity index (χ2v) is 3.52. The highest BCUT2D eigenvalue weighted by Crippen LogP contribution is 2.15. The Morgan fingerprint density at radius 3 is 1.86 bits per heavy atom. The number of hydrogen-bond donors (Lipinski definition) is 0. The monoisotopic (exact) mass is 204 g/mol. The van der Waals surface area contributed by atoms with Crippen LogP contribution in [0.15, 0.2) is 12.1 Å². The highest BCUT2D eigenvalue weighted by molar-refractivity contribution is 5.13. The molecule has 0 unspecified atom stereocenters. The Kier molecular flexibility index (Phi) is 2.83. The second-order valence-electron chi connectivity index (χ2n) is 3.52. The summed E-state index contributed by atoms with van der Waals surface area (Å²) in [5.41, 5.74) is 2.26. The van der Waals surface area contributed by atoms with E-state index in [0.717, 1.165) is 5.56 Å². The fraction of sp³-hybridized carbons (Fsp3) is 0.500. The molecule has 1 heterocycles. The summed E-state index contributed by atoms with van der Waals surface area (Å²) in [5, 5.41) is 0. The normalized spacial score (nSPS) is 11.9. The first-order valence-electron chi connectivity index (χ1n) is 4.34. The van der Waals surface area contributed by atoms with E-state index in [9.17, 15) is 13.2 Å². The number of nitrogens with zero attached hydrogens (tertiary/aromatic N) is 1. The molecule has 0 radical (unpaired) electrons. The third kappa shape index (κ3) is 2.72. The van der Waals surface area contributed by atoms with Gasteiger partial charge in [0.15, 0.2) is 11.4 Å². The summed E-state index contributed by atoms with van der Waals surface area (Å²) in [7, 11) is 0. The molecule has 1 rings (SSSR count). The highest BCUT2D eigenvalue weighted by Gasteiger charge is 2.35. The van der Waals surface area contributed by atoms with Gasteiger partial charge in [-0.15, -0.1) is 0 Å². The lowest BCUT2D eigenvalue weighted by atomic mass is 10.2. The van der Waals surface area contributed by atoms with Crippen molar-refractivity contribution in [1.82, 2.24) is 0 Å². The molecular weight excluding hydrogens is 191 g/mol. The average molecular weight is 204 g/mol. The van der Waals surface area contributed by atoms with Gasteiger partial charge in [-0.05, 0) is 12.5 Å². The Bertz CT molecular complexity index is 319. The van der Waals surface area contributed by atoms with Crippen LogP contribution in [0.1, 0.15) is 17.0 Å². The Morgan fingerprint density at radius 2 is 1.50 bits per heavy atom. The Morgan fingerprint density at radius 1 is 1.07 bits per heavy atom. The highest BCUT2D eigenvalue weighted by atomic mass is 19.4. The predicted octanol–water partition coefficient (Wildman–Crippen LogP) is 2.46. The molecule has 0 N–H and O–H groups in total. The minimum atomic E-state index is -4.16. The zero-order chi connectivity index (χ0) is 10.9. The summed E-state index contributed by atoms with van der Waals surface area (Å²) < 4.78 is 37.8. The topological polar surface area (TPSA) is 3.88 Å². The maximum atomic E-state index is 12.2. The molecule has 14 heavy (non-hydrogen) atoms. The first kappa shape index (κ1) is 11.0. The first-order chi connectivity index (χ1) is 6.29. The molecule has 1 aromatic heterocycles. The molecule has 0 saturated carbocycles. The maximum Gasteiger partial charge on any atom is 0.448 e. The van der Waals surface area contributed by atoms with Gasteiger partial charge in [0.25, 0.3) is 0 Å². The lowest BCUT2D eigenvalue weighted by Gasteiger charge is -2.07. The summed E-state index contributed by atoms with van der Waals surface area (Å²) in [4.78, 5) is 0. The van der Waals surface area contributed by atoms with Crippen LogP contribution < -0.4 is 4.57 Å². The standard InChI is InChI=1S/C10H13F3N/c1-7-4-8(2)14(9(3)5-7)6-10(11,12)13/h4-5H,6H2,1-3H3/q+1. The van der Waals surface area contributed by atoms with E-state index in [0.29, 0.717) is 11.4 Å². The van der Waals surface area contributed by atoms with Gasteiger partial charge in [-0.25, -0.2) is 0 Å². The number of alkyl halides is 3. The Hall–Kier alpha value is -1.06. The van der Waals surface area contributed by atoms with Crippen molar-refractivity contribution >= 4 is 0 Å². The van der Waals surface area contributed by atoms with Gasteiger partial charge >= 0.3 is 6.18 Å². The zero-order valence-corrected chi connectivity index (χ0v) is 8.44. The maximum absolute atomic E-state index is 12.2. The SMILES string of the molecule is Cc1cc(C)[n+](CC(F)(F)F)c(C)c1. The molecule has 1 nitrogen and oxygen atoms in total. The lowest BCUT2D eigenvalue weighted by Crippen LogP contribution is -2.46. The molecule has 0 saturated heterocycles. The third-order valence-electron chi connectivity index (χ3n) is 2.06. The Labute approximate surface area is 81.2 Å². The van der Waals surface area contributed by atoms with Crippen molar-refractivity contribution in [2.45, 2.75) is 33.5 Å². The summed E-state index contributed by atoms with van der Waals surface area (Å²) in [6.45, 7) is 4.33. The van der Waals surface area contributed by atoms with E-state index in [4.69, 9.17) is 0 Å². The first-order valence-corrected chi connectivity index (χ1v) is 4.34. The molecule has 4 heteroatoms. The molecule has 78 valence electrons. The van der Waals surface area contributed by atoms with Crippen LogP contribution in [0.5, 0.6) is 0 Å². The number of aryl methyl sites for hydroxylation is 3. The molecular formula is C10H13F3N+. The zero-order valence-electron chi connectivity index (χ0n) is 8.44. The van der Waals surface area contributed by atoms with Crippen LogP contribution in [0.25, 0.3) is 0 Å². The summed E-state index contributed by atoms with van der Waals surface area (Å²) in [6, 6.07) is 3.50. The molecule has 0 amide bonds. The van der Waals surface area contributed by atoms with Gasteiger partial charge in [-0.2, -0.15) is 17.7 Å². The van der Waals surface area contributed by atoms with Gasteiger partial charge in [0.2, 0.25) is 6.54 Å². The van der Waals surface area contributed by atoms with Crippen molar-refractivity contribution in [2.24, 2.45) is 0 Å². The number of rotatable bonds is 1. The molecule has 0 aliphatic carbocycles. The van der Waals surface area contributed by atoms with Crippen LogP contribution in [0.2, 0.25) is 0 Å². The van der Waals surface area contributed by atoms with E-state index in [1.807, 2.05) is 6.92 Å². The fourth-order valence-corrected chi connectivity index (χ4v) is 1.56. The number of halogens is 3. The van der Waals surface area contributed by atoms with E-state index in [1.165, 1.54) is 4.57 Å². The van der Waals surface area contributed by atoms with E-state index in [2.05, 4.69) is 0 Å². The number of aromatic nitrogens is 1. The van der Waals surface area contributed by atoms with Gasteiger partial charge in [-0.3, -0.25) is 0 Å². The lowest BCUT2D eigenvalue weighted by molar-refractivity contribution is -0.730. The van der Waals surface area contributed by atoms with Crippen LogP contribution in [-0.2, 0) is 6.54 Å². The van der Waals surface area contributed by atoms with Crippen LogP contribution in [0.4, 0.5) is 13.2 Å². The molecule has 0 spiro atoms. The largest absolute Gasteiger partial charge is 0.448 e. The van der Waals surface area contributed by atoms with E-state index < -0.39 is 12.7 Å². The molecule has 1 aromatic rings. The van der Waals surface area contributed by atoms with E-state index in [-0.39, 0.29) is 0 Å². The molecule has 0 atom stereocenters. The van der Waals surface area contributed by atoms with Crippen molar-refractivity contribution in [2.75, 3.05) is 0 Å². The van der Waals surface area contributed by atoms with Crippen molar-refractivity contribution in [3.8, 4) is 0 Å². The molecule has 0 fully saturated rings. The van der Waals surface area contributed by atoms with Gasteiger partial charge in [0, 0.05) is 26.0 Å². The second kappa shape index (κ2) is 3.59.